The Morgan fingerprint density at radius 3 is 2.23 bits per heavy atom. The van der Waals surface area contributed by atoms with Gasteiger partial charge in [-0.1, -0.05) is 6.07 Å². The zero-order chi connectivity index (χ0) is 18.5. The molecule has 0 bridgehead atoms. The van der Waals surface area contributed by atoms with Gasteiger partial charge in [0, 0.05) is 5.69 Å². The van der Waals surface area contributed by atoms with E-state index in [0.29, 0.717) is 0 Å². The summed E-state index contributed by atoms with van der Waals surface area (Å²) in [6.07, 6.45) is 4.28. The van der Waals surface area contributed by atoms with E-state index in [2.05, 4.69) is 17.4 Å². The number of rotatable bonds is 6. The fourth-order valence-corrected chi connectivity index (χ4v) is 3.17. The van der Waals surface area contributed by atoms with Crippen molar-refractivity contribution in [1.29, 1.82) is 0 Å². The maximum Gasteiger partial charge on any atom is 0.265 e. The van der Waals surface area contributed by atoms with Crippen molar-refractivity contribution < 1.29 is 14.3 Å². The molecule has 2 aromatic rings. The van der Waals surface area contributed by atoms with Gasteiger partial charge < -0.3 is 14.8 Å². The number of benzene rings is 2. The van der Waals surface area contributed by atoms with E-state index in [9.17, 15) is 4.79 Å². The first kappa shape index (κ1) is 18.3. The number of nitrogens with one attached hydrogen (secondary N) is 1. The lowest BCUT2D eigenvalue weighted by molar-refractivity contribution is -0.122. The predicted octanol–water partition coefficient (Wildman–Crippen LogP) is 4.76. The van der Waals surface area contributed by atoms with Crippen LogP contribution in [0.15, 0.2) is 42.5 Å². The second-order valence-corrected chi connectivity index (χ2v) is 7.08. The van der Waals surface area contributed by atoms with Crippen LogP contribution in [0.25, 0.3) is 0 Å². The standard InChI is InChI=1S/C22H27NO3/c1-15(2)25-20-12-9-19(10-13-20)23-22(24)16(3)26-21-11-8-17-6-4-5-7-18(17)14-21/h8-16H,4-7H2,1-3H3,(H,23,24)/t16-/m0/s1. The highest BCUT2D eigenvalue weighted by Crippen LogP contribution is 2.26. The van der Waals surface area contributed by atoms with Gasteiger partial charge in [-0.15, -0.1) is 0 Å². The molecule has 0 unspecified atom stereocenters. The maximum absolute atomic E-state index is 12.4. The Morgan fingerprint density at radius 1 is 0.885 bits per heavy atom. The number of aryl methyl sites for hydroxylation is 2. The molecule has 1 amide bonds. The highest BCUT2D eigenvalue weighted by Gasteiger charge is 2.16. The van der Waals surface area contributed by atoms with Crippen LogP contribution in [0.2, 0.25) is 0 Å². The molecule has 0 aliphatic heterocycles. The van der Waals surface area contributed by atoms with Crippen molar-refractivity contribution in [1.82, 2.24) is 0 Å². The fraction of sp³-hybridized carbons (Fsp3) is 0.409. The number of ether oxygens (including phenoxy) is 2. The van der Waals surface area contributed by atoms with E-state index >= 15 is 0 Å². The Balaban J connectivity index is 1.57. The van der Waals surface area contributed by atoms with Gasteiger partial charge in [0.25, 0.3) is 5.91 Å². The SMILES string of the molecule is CC(C)Oc1ccc(NC(=O)[C@H](C)Oc2ccc3c(c2)CCCC3)cc1. The molecule has 0 heterocycles. The fourth-order valence-electron chi connectivity index (χ4n) is 3.17. The van der Waals surface area contributed by atoms with Crippen LogP contribution < -0.4 is 14.8 Å². The van der Waals surface area contributed by atoms with Crippen molar-refractivity contribution in [2.24, 2.45) is 0 Å². The Hall–Kier alpha value is -2.49. The van der Waals surface area contributed by atoms with Crippen LogP contribution in [0, 0.1) is 0 Å². The molecule has 0 saturated carbocycles. The zero-order valence-corrected chi connectivity index (χ0v) is 15.7. The lowest BCUT2D eigenvalue weighted by Gasteiger charge is -2.19. The third-order valence-corrected chi connectivity index (χ3v) is 4.50. The number of carbonyl (C=O) groups excluding carboxylic acids is 1. The number of amides is 1. The normalized spacial score (nSPS) is 14.5. The molecule has 1 N–H and O–H groups in total. The lowest BCUT2D eigenvalue weighted by Crippen LogP contribution is -2.30. The van der Waals surface area contributed by atoms with Crippen LogP contribution >= 0.6 is 0 Å². The van der Waals surface area contributed by atoms with Crippen molar-refractivity contribution in [3.8, 4) is 11.5 Å². The van der Waals surface area contributed by atoms with Crippen molar-refractivity contribution in [2.45, 2.75) is 58.7 Å². The molecular formula is C22H27NO3. The van der Waals surface area contributed by atoms with Crippen molar-refractivity contribution in [3.63, 3.8) is 0 Å². The van der Waals surface area contributed by atoms with E-state index in [1.807, 2.05) is 44.2 Å². The van der Waals surface area contributed by atoms with Crippen molar-refractivity contribution in [3.05, 3.63) is 53.6 Å². The second kappa shape index (κ2) is 8.26. The summed E-state index contributed by atoms with van der Waals surface area (Å²) in [7, 11) is 0. The molecular weight excluding hydrogens is 326 g/mol. The molecule has 1 aliphatic rings. The van der Waals surface area contributed by atoms with Crippen LogP contribution in [0.5, 0.6) is 11.5 Å². The molecule has 0 radical (unpaired) electrons. The first-order valence-corrected chi connectivity index (χ1v) is 9.37. The van der Waals surface area contributed by atoms with Crippen LogP contribution in [0.3, 0.4) is 0 Å². The van der Waals surface area contributed by atoms with E-state index in [4.69, 9.17) is 9.47 Å². The molecule has 0 fully saturated rings. The zero-order valence-electron chi connectivity index (χ0n) is 15.7. The average Bonchev–Trinajstić information content (AvgIpc) is 2.62. The van der Waals surface area contributed by atoms with Crippen LogP contribution in [0.4, 0.5) is 5.69 Å². The summed E-state index contributed by atoms with van der Waals surface area (Å²) in [5.41, 5.74) is 3.48. The van der Waals surface area contributed by atoms with Crippen molar-refractivity contribution in [2.75, 3.05) is 5.32 Å². The first-order valence-electron chi connectivity index (χ1n) is 9.37. The van der Waals surface area contributed by atoms with Gasteiger partial charge >= 0.3 is 0 Å². The summed E-state index contributed by atoms with van der Waals surface area (Å²) in [5.74, 6) is 1.38. The molecule has 138 valence electrons. The molecule has 2 aromatic carbocycles. The number of hydrogen-bond donors (Lipinski definition) is 1. The highest BCUT2D eigenvalue weighted by molar-refractivity contribution is 5.94. The second-order valence-electron chi connectivity index (χ2n) is 7.08. The van der Waals surface area contributed by atoms with E-state index in [0.717, 1.165) is 30.0 Å². The molecule has 4 heteroatoms. The topological polar surface area (TPSA) is 47.6 Å². The molecule has 26 heavy (non-hydrogen) atoms. The number of carbonyl (C=O) groups is 1. The summed E-state index contributed by atoms with van der Waals surface area (Å²) < 4.78 is 11.5. The third kappa shape index (κ3) is 4.78. The van der Waals surface area contributed by atoms with Crippen molar-refractivity contribution >= 4 is 11.6 Å². The number of hydrogen-bond acceptors (Lipinski definition) is 3. The molecule has 0 aromatic heterocycles. The smallest absolute Gasteiger partial charge is 0.265 e. The van der Waals surface area contributed by atoms with Gasteiger partial charge in [0.05, 0.1) is 6.10 Å². The van der Waals surface area contributed by atoms with Crippen LogP contribution in [-0.4, -0.2) is 18.1 Å². The maximum atomic E-state index is 12.4. The molecule has 0 spiro atoms. The van der Waals surface area contributed by atoms with Gasteiger partial charge in [-0.3, -0.25) is 4.79 Å². The quantitative estimate of drug-likeness (QED) is 0.814. The Morgan fingerprint density at radius 2 is 1.54 bits per heavy atom. The molecule has 3 rings (SSSR count). The van der Waals surface area contributed by atoms with E-state index < -0.39 is 6.10 Å². The predicted molar refractivity (Wildman–Crippen MR) is 104 cm³/mol. The van der Waals surface area contributed by atoms with Gasteiger partial charge in [0.15, 0.2) is 6.10 Å². The Kier molecular flexibility index (Phi) is 5.82. The molecule has 1 aliphatic carbocycles. The van der Waals surface area contributed by atoms with E-state index in [1.54, 1.807) is 6.92 Å². The summed E-state index contributed by atoms with van der Waals surface area (Å²) in [5, 5.41) is 2.89. The van der Waals surface area contributed by atoms with Crippen LogP contribution in [0.1, 0.15) is 44.7 Å². The summed E-state index contributed by atoms with van der Waals surface area (Å²) in [6.45, 7) is 5.73. The van der Waals surface area contributed by atoms with E-state index in [-0.39, 0.29) is 12.0 Å². The van der Waals surface area contributed by atoms with Gasteiger partial charge in [-0.05, 0) is 94.0 Å². The van der Waals surface area contributed by atoms with Gasteiger partial charge in [-0.25, -0.2) is 0 Å². The minimum atomic E-state index is -0.566. The molecule has 4 nitrogen and oxygen atoms in total. The lowest BCUT2D eigenvalue weighted by atomic mass is 9.92. The third-order valence-electron chi connectivity index (χ3n) is 4.50. The summed E-state index contributed by atoms with van der Waals surface area (Å²) in [6, 6.07) is 13.5. The molecule has 1 atom stereocenters. The Labute approximate surface area is 155 Å². The van der Waals surface area contributed by atoms with Crippen LogP contribution in [-0.2, 0) is 17.6 Å². The summed E-state index contributed by atoms with van der Waals surface area (Å²) in [4.78, 5) is 12.4. The number of anilines is 1. The number of fused-ring (bicyclic) bond motifs is 1. The first-order chi connectivity index (χ1) is 12.5. The monoisotopic (exact) mass is 353 g/mol. The van der Waals surface area contributed by atoms with Gasteiger partial charge in [0.2, 0.25) is 0 Å². The molecule has 0 saturated heterocycles. The average molecular weight is 353 g/mol. The highest BCUT2D eigenvalue weighted by atomic mass is 16.5. The van der Waals surface area contributed by atoms with E-state index in [1.165, 1.54) is 24.0 Å². The summed E-state index contributed by atoms with van der Waals surface area (Å²) >= 11 is 0. The van der Waals surface area contributed by atoms with Gasteiger partial charge in [0.1, 0.15) is 11.5 Å². The minimum absolute atomic E-state index is 0.125. The minimum Gasteiger partial charge on any atom is -0.491 e. The van der Waals surface area contributed by atoms with Gasteiger partial charge in [-0.2, -0.15) is 0 Å². The Bertz CT molecular complexity index is 752. The largest absolute Gasteiger partial charge is 0.491 e.